The number of ketones is 1. The van der Waals surface area contributed by atoms with Crippen LogP contribution in [0.3, 0.4) is 0 Å². The van der Waals surface area contributed by atoms with Crippen LogP contribution in [0.1, 0.15) is 39.5 Å². The minimum atomic E-state index is 0.119. The van der Waals surface area contributed by atoms with E-state index in [1.54, 1.807) is 6.92 Å². The molecule has 0 aliphatic carbocycles. The highest BCUT2D eigenvalue weighted by Gasteiger charge is 2.12. The van der Waals surface area contributed by atoms with Crippen molar-refractivity contribution in [2.24, 2.45) is 5.92 Å². The van der Waals surface area contributed by atoms with Gasteiger partial charge in [0.1, 0.15) is 5.78 Å². The Hall–Kier alpha value is -0.670. The summed E-state index contributed by atoms with van der Waals surface area (Å²) in [5, 5.41) is 12.2. The topological polar surface area (TPSA) is 49.3 Å². The first-order chi connectivity index (χ1) is 7.65. The summed E-state index contributed by atoms with van der Waals surface area (Å²) < 4.78 is 0. The van der Waals surface area contributed by atoms with Crippen molar-refractivity contribution in [3.8, 4) is 0 Å². The molecule has 0 saturated carbocycles. The van der Waals surface area contributed by atoms with Crippen molar-refractivity contribution in [1.82, 2.24) is 5.32 Å². The van der Waals surface area contributed by atoms with Gasteiger partial charge in [-0.05, 0) is 39.2 Å². The molecule has 0 bridgehead atoms. The Bertz CT molecular complexity index is 200. The lowest BCUT2D eigenvalue weighted by Gasteiger charge is -2.15. The molecule has 0 aliphatic heterocycles. The molecule has 0 radical (unpaired) electrons. The lowest BCUT2D eigenvalue weighted by molar-refractivity contribution is -0.120. The summed E-state index contributed by atoms with van der Waals surface area (Å²) in [7, 11) is 0. The van der Waals surface area contributed by atoms with Gasteiger partial charge in [-0.15, -0.1) is 6.58 Å². The molecule has 0 fully saturated rings. The van der Waals surface area contributed by atoms with E-state index in [2.05, 4.69) is 11.9 Å². The van der Waals surface area contributed by atoms with Crippen LogP contribution in [0, 0.1) is 5.92 Å². The third-order valence-electron chi connectivity index (χ3n) is 2.90. The molecule has 0 aromatic heterocycles. The van der Waals surface area contributed by atoms with Gasteiger partial charge in [0.15, 0.2) is 0 Å². The van der Waals surface area contributed by atoms with E-state index in [0.717, 1.165) is 32.2 Å². The molecule has 0 spiro atoms. The first-order valence-corrected chi connectivity index (χ1v) is 6.11. The molecule has 16 heavy (non-hydrogen) atoms. The largest absolute Gasteiger partial charge is 0.395 e. The van der Waals surface area contributed by atoms with Gasteiger partial charge < -0.3 is 10.4 Å². The average molecular weight is 227 g/mol. The number of carbonyl (C=O) groups is 1. The van der Waals surface area contributed by atoms with Gasteiger partial charge in [-0.1, -0.05) is 13.0 Å². The zero-order valence-corrected chi connectivity index (χ0v) is 10.5. The molecule has 94 valence electrons. The van der Waals surface area contributed by atoms with Crippen LogP contribution in [-0.4, -0.2) is 30.1 Å². The number of carbonyl (C=O) groups excluding carboxylic acids is 1. The number of hydrogen-bond acceptors (Lipinski definition) is 3. The SMILES string of the molecule is C=CCC(CCCNC(CC)CO)C(C)=O. The number of rotatable bonds is 10. The number of Topliss-reactive ketones (excluding diaryl/α,β-unsaturated/α-hetero) is 1. The van der Waals surface area contributed by atoms with Crippen molar-refractivity contribution in [2.45, 2.75) is 45.6 Å². The van der Waals surface area contributed by atoms with E-state index in [1.807, 2.05) is 13.0 Å². The van der Waals surface area contributed by atoms with Gasteiger partial charge in [0.05, 0.1) is 6.61 Å². The standard InChI is InChI=1S/C13H25NO2/c1-4-7-12(11(3)16)8-6-9-14-13(5-2)10-15/h4,12-15H,1,5-10H2,2-3H3. The monoisotopic (exact) mass is 227 g/mol. The summed E-state index contributed by atoms with van der Waals surface area (Å²) in [6, 6.07) is 0.190. The molecule has 0 heterocycles. The van der Waals surface area contributed by atoms with Crippen molar-refractivity contribution in [3.05, 3.63) is 12.7 Å². The molecule has 0 aliphatic rings. The van der Waals surface area contributed by atoms with Crippen LogP contribution in [0.25, 0.3) is 0 Å². The molecule has 0 saturated heterocycles. The molecule has 3 heteroatoms. The van der Waals surface area contributed by atoms with Crippen molar-refractivity contribution in [2.75, 3.05) is 13.2 Å². The lowest BCUT2D eigenvalue weighted by atomic mass is 9.95. The van der Waals surface area contributed by atoms with E-state index in [0.29, 0.717) is 0 Å². The predicted molar refractivity (Wildman–Crippen MR) is 67.4 cm³/mol. The number of aliphatic hydroxyl groups excluding tert-OH is 1. The molecule has 0 amide bonds. The van der Waals surface area contributed by atoms with E-state index < -0.39 is 0 Å². The lowest BCUT2D eigenvalue weighted by Crippen LogP contribution is -2.32. The van der Waals surface area contributed by atoms with Crippen LogP contribution in [0.5, 0.6) is 0 Å². The number of nitrogens with one attached hydrogen (secondary N) is 1. The Balaban J connectivity index is 3.69. The van der Waals surface area contributed by atoms with Gasteiger partial charge >= 0.3 is 0 Å². The van der Waals surface area contributed by atoms with Gasteiger partial charge in [-0.2, -0.15) is 0 Å². The average Bonchev–Trinajstić information content (AvgIpc) is 2.27. The van der Waals surface area contributed by atoms with Gasteiger partial charge in [0.2, 0.25) is 0 Å². The van der Waals surface area contributed by atoms with Gasteiger partial charge in [0.25, 0.3) is 0 Å². The second-order valence-electron chi connectivity index (χ2n) is 4.22. The maximum Gasteiger partial charge on any atom is 0.133 e. The smallest absolute Gasteiger partial charge is 0.133 e. The van der Waals surface area contributed by atoms with Crippen LogP contribution in [-0.2, 0) is 4.79 Å². The maximum absolute atomic E-state index is 11.3. The second-order valence-corrected chi connectivity index (χ2v) is 4.22. The van der Waals surface area contributed by atoms with Crippen LogP contribution >= 0.6 is 0 Å². The highest BCUT2D eigenvalue weighted by atomic mass is 16.3. The Morgan fingerprint density at radius 1 is 1.56 bits per heavy atom. The van der Waals surface area contributed by atoms with E-state index in [-0.39, 0.29) is 24.3 Å². The summed E-state index contributed by atoms with van der Waals surface area (Å²) in [5.74, 6) is 0.364. The molecule has 0 aromatic carbocycles. The van der Waals surface area contributed by atoms with Gasteiger partial charge in [-0.25, -0.2) is 0 Å². The van der Waals surface area contributed by atoms with E-state index >= 15 is 0 Å². The minimum absolute atomic E-state index is 0.119. The van der Waals surface area contributed by atoms with Crippen LogP contribution in [0.4, 0.5) is 0 Å². The molecule has 2 unspecified atom stereocenters. The highest BCUT2D eigenvalue weighted by molar-refractivity contribution is 5.78. The van der Waals surface area contributed by atoms with Crippen LogP contribution in [0.15, 0.2) is 12.7 Å². The highest BCUT2D eigenvalue weighted by Crippen LogP contribution is 2.12. The van der Waals surface area contributed by atoms with E-state index in [9.17, 15) is 4.79 Å². The quantitative estimate of drug-likeness (QED) is 0.443. The summed E-state index contributed by atoms with van der Waals surface area (Å²) >= 11 is 0. The van der Waals surface area contributed by atoms with Crippen molar-refractivity contribution < 1.29 is 9.90 Å². The van der Waals surface area contributed by atoms with Gasteiger partial charge in [-0.3, -0.25) is 4.79 Å². The molecular weight excluding hydrogens is 202 g/mol. The van der Waals surface area contributed by atoms with Crippen LogP contribution in [0.2, 0.25) is 0 Å². The zero-order valence-electron chi connectivity index (χ0n) is 10.5. The normalized spacial score (nSPS) is 14.4. The third kappa shape index (κ3) is 6.75. The van der Waals surface area contributed by atoms with Crippen molar-refractivity contribution in [1.29, 1.82) is 0 Å². The van der Waals surface area contributed by atoms with E-state index in [1.165, 1.54) is 0 Å². The molecule has 2 atom stereocenters. The Labute approximate surface area is 98.9 Å². The summed E-state index contributed by atoms with van der Waals surface area (Å²) in [4.78, 5) is 11.3. The Morgan fingerprint density at radius 3 is 2.69 bits per heavy atom. The number of hydrogen-bond donors (Lipinski definition) is 2. The molecule has 0 aromatic rings. The first-order valence-electron chi connectivity index (χ1n) is 6.11. The van der Waals surface area contributed by atoms with Gasteiger partial charge in [0, 0.05) is 12.0 Å². The first kappa shape index (κ1) is 15.3. The Morgan fingerprint density at radius 2 is 2.25 bits per heavy atom. The van der Waals surface area contributed by atoms with E-state index in [4.69, 9.17) is 5.11 Å². The fourth-order valence-corrected chi connectivity index (χ4v) is 1.68. The molecule has 0 rings (SSSR count). The molecular formula is C13H25NO2. The fourth-order valence-electron chi connectivity index (χ4n) is 1.68. The maximum atomic E-state index is 11.3. The Kier molecular flexibility index (Phi) is 9.15. The third-order valence-corrected chi connectivity index (χ3v) is 2.90. The summed E-state index contributed by atoms with van der Waals surface area (Å²) in [6.45, 7) is 8.39. The van der Waals surface area contributed by atoms with Crippen molar-refractivity contribution in [3.63, 3.8) is 0 Å². The minimum Gasteiger partial charge on any atom is -0.395 e. The zero-order chi connectivity index (χ0) is 12.4. The fraction of sp³-hybridized carbons (Fsp3) is 0.769. The predicted octanol–water partition coefficient (Wildman–Crippen LogP) is 1.91. The summed E-state index contributed by atoms with van der Waals surface area (Å²) in [5.41, 5.74) is 0. The number of aliphatic hydroxyl groups is 1. The van der Waals surface area contributed by atoms with Crippen molar-refractivity contribution >= 4 is 5.78 Å². The molecule has 2 N–H and O–H groups in total. The summed E-state index contributed by atoms with van der Waals surface area (Å²) in [6.07, 6.45) is 5.37. The molecule has 3 nitrogen and oxygen atoms in total. The second kappa shape index (κ2) is 9.55. The van der Waals surface area contributed by atoms with Crippen LogP contribution < -0.4 is 5.32 Å². The number of allylic oxidation sites excluding steroid dienone is 1.